The van der Waals surface area contributed by atoms with Crippen LogP contribution in [-0.2, 0) is 6.42 Å². The van der Waals surface area contributed by atoms with Gasteiger partial charge in [0.2, 0.25) is 0 Å². The molecule has 0 unspecified atom stereocenters. The third-order valence-corrected chi connectivity index (χ3v) is 4.68. The van der Waals surface area contributed by atoms with Gasteiger partial charge in [-0.25, -0.2) is 0 Å². The van der Waals surface area contributed by atoms with Gasteiger partial charge in [-0.15, -0.1) is 0 Å². The maximum absolute atomic E-state index is 12.7. The lowest BCUT2D eigenvalue weighted by atomic mass is 10.1. The minimum Gasteiger partial charge on any atom is -0.390 e. The van der Waals surface area contributed by atoms with Crippen LogP contribution in [0.25, 0.3) is 0 Å². The van der Waals surface area contributed by atoms with E-state index in [0.29, 0.717) is 12.1 Å². The number of amides is 1. The van der Waals surface area contributed by atoms with Crippen molar-refractivity contribution in [3.63, 3.8) is 0 Å². The van der Waals surface area contributed by atoms with Crippen LogP contribution in [-0.4, -0.2) is 26.9 Å². The summed E-state index contributed by atoms with van der Waals surface area (Å²) in [7, 11) is 0. The molecule has 1 aliphatic rings. The molecule has 2 N–H and O–H groups in total. The molecule has 0 saturated heterocycles. The van der Waals surface area contributed by atoms with Crippen molar-refractivity contribution >= 4 is 5.91 Å². The highest BCUT2D eigenvalue weighted by atomic mass is 16.3. The molecule has 0 bridgehead atoms. The van der Waals surface area contributed by atoms with Crippen molar-refractivity contribution in [1.82, 2.24) is 15.1 Å². The maximum atomic E-state index is 12.7. The molecule has 0 saturated carbocycles. The molecule has 3 rings (SSSR count). The summed E-state index contributed by atoms with van der Waals surface area (Å²) in [5.74, 6) is -0.185. The van der Waals surface area contributed by atoms with Crippen LogP contribution < -0.4 is 5.32 Å². The van der Waals surface area contributed by atoms with Crippen LogP contribution in [0.4, 0.5) is 0 Å². The van der Waals surface area contributed by atoms with Crippen molar-refractivity contribution in [3.05, 3.63) is 53.3 Å². The van der Waals surface area contributed by atoms with Crippen molar-refractivity contribution < 1.29 is 9.90 Å². The lowest BCUT2D eigenvalue weighted by Gasteiger charge is -2.20. The minimum atomic E-state index is -0.583. The summed E-state index contributed by atoms with van der Waals surface area (Å²) < 4.78 is 1.79. The zero-order valence-corrected chi connectivity index (χ0v) is 13.6. The molecule has 1 aromatic heterocycles. The molecule has 1 amide bonds. The summed E-state index contributed by atoms with van der Waals surface area (Å²) in [6.45, 7) is 4.18. The number of aliphatic hydroxyl groups is 1. The molecule has 122 valence electrons. The lowest BCUT2D eigenvalue weighted by Crippen LogP contribution is -2.35. The van der Waals surface area contributed by atoms with Gasteiger partial charge < -0.3 is 10.4 Å². The predicted octanol–water partition coefficient (Wildman–Crippen LogP) is 2.63. The van der Waals surface area contributed by atoms with E-state index in [0.717, 1.165) is 24.0 Å². The number of hydrogen-bond acceptors (Lipinski definition) is 3. The minimum absolute atomic E-state index is 0.185. The summed E-state index contributed by atoms with van der Waals surface area (Å²) in [5, 5.41) is 17.6. The van der Waals surface area contributed by atoms with Crippen LogP contribution in [0.3, 0.4) is 0 Å². The summed E-state index contributed by atoms with van der Waals surface area (Å²) in [4.78, 5) is 12.7. The van der Waals surface area contributed by atoms with Crippen molar-refractivity contribution in [2.75, 3.05) is 0 Å². The Hall–Kier alpha value is -2.14. The molecule has 0 aliphatic heterocycles. The molecule has 23 heavy (non-hydrogen) atoms. The first kappa shape index (κ1) is 15.7. The number of aromatic nitrogens is 2. The van der Waals surface area contributed by atoms with Gasteiger partial charge in [0.25, 0.3) is 5.91 Å². The molecule has 0 spiro atoms. The quantitative estimate of drug-likeness (QED) is 0.891. The average Bonchev–Trinajstić information content (AvgIpc) is 3.14. The molecule has 1 aliphatic carbocycles. The molecule has 0 fully saturated rings. The second kappa shape index (κ2) is 6.54. The topological polar surface area (TPSA) is 67.2 Å². The van der Waals surface area contributed by atoms with Gasteiger partial charge in [0.15, 0.2) is 0 Å². The van der Waals surface area contributed by atoms with E-state index in [2.05, 4.69) is 24.3 Å². The first-order chi connectivity index (χ1) is 11.2. The number of nitrogens with zero attached hydrogens (tertiary/aromatic N) is 2. The van der Waals surface area contributed by atoms with Crippen LogP contribution >= 0.6 is 0 Å². The number of benzene rings is 1. The number of carbonyl (C=O) groups is 1. The molecule has 5 nitrogen and oxygen atoms in total. The van der Waals surface area contributed by atoms with Crippen LogP contribution in [0.5, 0.6) is 0 Å². The van der Waals surface area contributed by atoms with E-state index in [4.69, 9.17) is 0 Å². The maximum Gasteiger partial charge on any atom is 0.270 e. The highest BCUT2D eigenvalue weighted by molar-refractivity contribution is 5.93. The van der Waals surface area contributed by atoms with Crippen molar-refractivity contribution in [2.45, 2.75) is 51.3 Å². The Labute approximate surface area is 136 Å². The number of aliphatic hydroxyl groups excluding tert-OH is 1. The Balaban J connectivity index is 1.82. The zero-order chi connectivity index (χ0) is 16.4. The Morgan fingerprint density at radius 2 is 2.09 bits per heavy atom. The Morgan fingerprint density at radius 1 is 1.35 bits per heavy atom. The molecular weight excluding hydrogens is 290 g/mol. The lowest BCUT2D eigenvalue weighted by molar-refractivity contribution is 0.0845. The monoisotopic (exact) mass is 313 g/mol. The van der Waals surface area contributed by atoms with Gasteiger partial charge in [0.05, 0.1) is 18.2 Å². The van der Waals surface area contributed by atoms with Gasteiger partial charge in [0, 0.05) is 12.6 Å². The van der Waals surface area contributed by atoms with Gasteiger partial charge in [-0.05, 0) is 30.0 Å². The van der Waals surface area contributed by atoms with Crippen molar-refractivity contribution in [1.29, 1.82) is 0 Å². The molecule has 2 atom stereocenters. The normalized spacial score (nSPS) is 19.8. The van der Waals surface area contributed by atoms with Gasteiger partial charge in [0.1, 0.15) is 5.69 Å². The summed E-state index contributed by atoms with van der Waals surface area (Å²) >= 11 is 0. The highest BCUT2D eigenvalue weighted by Gasteiger charge is 2.32. The second-order valence-corrected chi connectivity index (χ2v) is 6.05. The van der Waals surface area contributed by atoms with E-state index in [1.54, 1.807) is 16.9 Å². The molecule has 1 aromatic carbocycles. The number of fused-ring (bicyclic) bond motifs is 1. The summed E-state index contributed by atoms with van der Waals surface area (Å²) in [5.41, 5.74) is 2.65. The molecule has 1 heterocycles. The number of rotatable bonds is 5. The molecule has 0 radical (unpaired) electrons. The first-order valence-electron chi connectivity index (χ1n) is 8.25. The second-order valence-electron chi connectivity index (χ2n) is 6.05. The van der Waals surface area contributed by atoms with E-state index < -0.39 is 6.10 Å². The third-order valence-electron chi connectivity index (χ3n) is 4.68. The highest BCUT2D eigenvalue weighted by Crippen LogP contribution is 2.31. The standard InChI is InChI=1S/C18H23N3O2/c1-3-13(4-2)21-15(9-10-19-21)18(23)20-17-14-8-6-5-7-12(14)11-16(17)22/h5-10,13,16-17,22H,3-4,11H2,1-2H3,(H,20,23)/t16-,17+/m0/s1. The van der Waals surface area contributed by atoms with Gasteiger partial charge in [-0.3, -0.25) is 9.48 Å². The van der Waals surface area contributed by atoms with E-state index in [1.807, 2.05) is 24.3 Å². The van der Waals surface area contributed by atoms with Gasteiger partial charge in [-0.2, -0.15) is 5.10 Å². The third kappa shape index (κ3) is 2.88. The van der Waals surface area contributed by atoms with Crippen molar-refractivity contribution in [2.24, 2.45) is 0 Å². The fraction of sp³-hybridized carbons (Fsp3) is 0.444. The van der Waals surface area contributed by atoms with Crippen molar-refractivity contribution in [3.8, 4) is 0 Å². The van der Waals surface area contributed by atoms with Crippen LogP contribution in [0, 0.1) is 0 Å². The molecule has 2 aromatic rings. The summed E-state index contributed by atoms with van der Waals surface area (Å²) in [6.07, 6.45) is 3.50. The molecule has 5 heteroatoms. The molecular formula is C18H23N3O2. The van der Waals surface area contributed by atoms with E-state index in [9.17, 15) is 9.90 Å². The van der Waals surface area contributed by atoms with Crippen LogP contribution in [0.2, 0.25) is 0 Å². The number of carbonyl (C=O) groups excluding carboxylic acids is 1. The van der Waals surface area contributed by atoms with Crippen LogP contribution in [0.1, 0.15) is 60.4 Å². The Morgan fingerprint density at radius 3 is 2.83 bits per heavy atom. The zero-order valence-electron chi connectivity index (χ0n) is 13.6. The van der Waals surface area contributed by atoms with E-state index in [-0.39, 0.29) is 18.0 Å². The van der Waals surface area contributed by atoms with Gasteiger partial charge >= 0.3 is 0 Å². The first-order valence-corrected chi connectivity index (χ1v) is 8.25. The van der Waals surface area contributed by atoms with E-state index in [1.165, 1.54) is 0 Å². The average molecular weight is 313 g/mol. The summed E-state index contributed by atoms with van der Waals surface area (Å²) in [6, 6.07) is 9.45. The number of nitrogens with one attached hydrogen (secondary N) is 1. The van der Waals surface area contributed by atoms with Gasteiger partial charge in [-0.1, -0.05) is 38.1 Å². The largest absolute Gasteiger partial charge is 0.390 e. The Kier molecular flexibility index (Phi) is 4.48. The Bertz CT molecular complexity index is 691. The predicted molar refractivity (Wildman–Crippen MR) is 88.2 cm³/mol. The van der Waals surface area contributed by atoms with E-state index >= 15 is 0 Å². The smallest absolute Gasteiger partial charge is 0.270 e. The SMILES string of the molecule is CCC(CC)n1nccc1C(=O)N[C@@H]1c2ccccc2C[C@@H]1O. The fourth-order valence-corrected chi connectivity index (χ4v) is 3.38. The number of hydrogen-bond donors (Lipinski definition) is 2. The fourth-order valence-electron chi connectivity index (χ4n) is 3.38. The van der Waals surface area contributed by atoms with Crippen LogP contribution in [0.15, 0.2) is 36.5 Å².